The van der Waals surface area contributed by atoms with Crippen molar-refractivity contribution in [2.45, 2.75) is 6.92 Å². The maximum Gasteiger partial charge on any atom is 0.260 e. The summed E-state index contributed by atoms with van der Waals surface area (Å²) in [4.78, 5) is 2.25. The van der Waals surface area contributed by atoms with Crippen LogP contribution in [0.2, 0.25) is 0 Å². The van der Waals surface area contributed by atoms with E-state index in [1.54, 1.807) is 0 Å². The number of hydrogen-bond acceptors (Lipinski definition) is 4. The molecular formula is C37H24BNO3. The Kier molecular flexibility index (Phi) is 4.88. The van der Waals surface area contributed by atoms with E-state index in [-0.39, 0.29) is 6.71 Å². The number of ether oxygens (including phenoxy) is 2. The van der Waals surface area contributed by atoms with Crippen molar-refractivity contribution in [1.29, 1.82) is 0 Å². The van der Waals surface area contributed by atoms with Gasteiger partial charge < -0.3 is 18.8 Å². The molecule has 6 aromatic carbocycles. The molecule has 198 valence electrons. The van der Waals surface area contributed by atoms with Crippen molar-refractivity contribution < 1.29 is 13.9 Å². The van der Waals surface area contributed by atoms with Gasteiger partial charge in [-0.1, -0.05) is 72.3 Å². The number of furan rings is 1. The van der Waals surface area contributed by atoms with Crippen LogP contribution < -0.4 is 30.8 Å². The van der Waals surface area contributed by atoms with Crippen LogP contribution in [0.3, 0.4) is 0 Å². The summed E-state index contributed by atoms with van der Waals surface area (Å²) in [6.07, 6.45) is 0. The zero-order valence-corrected chi connectivity index (χ0v) is 22.9. The molecule has 7 aromatic rings. The van der Waals surface area contributed by atoms with Crippen LogP contribution in [0.15, 0.2) is 132 Å². The maximum atomic E-state index is 6.70. The Hall–Kier alpha value is -5.42. The SMILES string of the molecule is Cc1ccc2c(c1)B1c3ccc4c(oc5cc(N(c6ccccc6)c6ccccc6)ccc54)c3Oc3cccc(c31)O2. The summed E-state index contributed by atoms with van der Waals surface area (Å²) < 4.78 is 19.7. The number of nitrogens with zero attached hydrogens (tertiary/aromatic N) is 1. The zero-order chi connectivity index (χ0) is 27.8. The molecule has 0 unspecified atom stereocenters. The van der Waals surface area contributed by atoms with Crippen molar-refractivity contribution in [3.63, 3.8) is 0 Å². The third kappa shape index (κ3) is 3.37. The van der Waals surface area contributed by atoms with E-state index in [1.165, 1.54) is 5.56 Å². The van der Waals surface area contributed by atoms with Gasteiger partial charge in [0.15, 0.2) is 11.3 Å². The first-order valence-electron chi connectivity index (χ1n) is 14.2. The maximum absolute atomic E-state index is 6.70. The lowest BCUT2D eigenvalue weighted by Gasteiger charge is -2.32. The summed E-state index contributed by atoms with van der Waals surface area (Å²) in [6, 6.07) is 44.1. The van der Waals surface area contributed by atoms with Gasteiger partial charge in [-0.2, -0.15) is 0 Å². The lowest BCUT2D eigenvalue weighted by Crippen LogP contribution is -2.57. The van der Waals surface area contributed by atoms with Crippen LogP contribution >= 0.6 is 0 Å². The first-order valence-corrected chi connectivity index (χ1v) is 14.2. The number of hydrogen-bond donors (Lipinski definition) is 0. The Labute approximate surface area is 243 Å². The topological polar surface area (TPSA) is 34.8 Å². The van der Waals surface area contributed by atoms with E-state index >= 15 is 0 Å². The van der Waals surface area contributed by atoms with Crippen LogP contribution in [0.5, 0.6) is 23.0 Å². The second-order valence-corrected chi connectivity index (χ2v) is 11.0. The summed E-state index contributed by atoms with van der Waals surface area (Å²) >= 11 is 0. The van der Waals surface area contributed by atoms with Gasteiger partial charge in [0.1, 0.15) is 22.8 Å². The Morgan fingerprint density at radius 2 is 1.26 bits per heavy atom. The van der Waals surface area contributed by atoms with E-state index in [2.05, 4.69) is 109 Å². The summed E-state index contributed by atoms with van der Waals surface area (Å²) in [6.45, 7) is 2.12. The lowest BCUT2D eigenvalue weighted by atomic mass is 9.34. The third-order valence-corrected chi connectivity index (χ3v) is 8.43. The smallest absolute Gasteiger partial charge is 0.260 e. The second-order valence-electron chi connectivity index (χ2n) is 11.0. The van der Waals surface area contributed by atoms with Crippen molar-refractivity contribution in [2.24, 2.45) is 0 Å². The van der Waals surface area contributed by atoms with Gasteiger partial charge in [-0.3, -0.25) is 0 Å². The van der Waals surface area contributed by atoms with Gasteiger partial charge in [-0.15, -0.1) is 0 Å². The highest BCUT2D eigenvalue weighted by atomic mass is 16.5. The number of aryl methyl sites for hydroxylation is 1. The first kappa shape index (κ1) is 23.3. The molecule has 1 aromatic heterocycles. The first-order chi connectivity index (χ1) is 20.7. The van der Waals surface area contributed by atoms with E-state index in [4.69, 9.17) is 13.9 Å². The third-order valence-electron chi connectivity index (χ3n) is 8.43. The van der Waals surface area contributed by atoms with Gasteiger partial charge in [-0.25, -0.2) is 0 Å². The number of benzene rings is 6. The fraction of sp³-hybridized carbons (Fsp3) is 0.0270. The Morgan fingerprint density at radius 3 is 2.02 bits per heavy atom. The molecule has 42 heavy (non-hydrogen) atoms. The fourth-order valence-corrected chi connectivity index (χ4v) is 6.57. The molecule has 0 aliphatic carbocycles. The van der Waals surface area contributed by atoms with Crippen molar-refractivity contribution in [3.05, 3.63) is 133 Å². The molecule has 0 amide bonds. The molecule has 2 aliphatic heterocycles. The number of anilines is 3. The number of fused-ring (bicyclic) bond motifs is 8. The molecule has 0 fully saturated rings. The zero-order valence-electron chi connectivity index (χ0n) is 22.9. The van der Waals surface area contributed by atoms with Gasteiger partial charge in [-0.05, 0) is 72.4 Å². The summed E-state index contributed by atoms with van der Waals surface area (Å²) in [7, 11) is 0. The molecule has 4 nitrogen and oxygen atoms in total. The fourth-order valence-electron chi connectivity index (χ4n) is 6.57. The van der Waals surface area contributed by atoms with E-state index in [9.17, 15) is 0 Å². The molecular weight excluding hydrogens is 517 g/mol. The highest BCUT2D eigenvalue weighted by molar-refractivity contribution is 6.98. The summed E-state index contributed by atoms with van der Waals surface area (Å²) in [5.41, 5.74) is 9.29. The standard InChI is InChI=1S/C37H24BNO3/c1-23-15-20-31-30(21-23)38-29-19-18-28-27-17-16-26(39(24-9-4-2-5-10-24)25-11-6-3-7-12-25)22-34(27)42-36(28)37(29)41-33-14-8-13-32(40-31)35(33)38/h2-22H,1H3. The predicted octanol–water partition coefficient (Wildman–Crippen LogP) is 8.09. The summed E-state index contributed by atoms with van der Waals surface area (Å²) in [5.74, 6) is 3.32. The lowest BCUT2D eigenvalue weighted by molar-refractivity contribution is 0.461. The molecule has 0 N–H and O–H groups in total. The number of rotatable bonds is 3. The van der Waals surface area contributed by atoms with Crippen molar-refractivity contribution in [1.82, 2.24) is 0 Å². The van der Waals surface area contributed by atoms with Crippen LogP contribution in [0.25, 0.3) is 21.9 Å². The molecule has 0 saturated heterocycles. The van der Waals surface area contributed by atoms with Gasteiger partial charge >= 0.3 is 0 Å². The molecule has 9 rings (SSSR count). The van der Waals surface area contributed by atoms with Crippen molar-refractivity contribution in [2.75, 3.05) is 4.90 Å². The van der Waals surface area contributed by atoms with E-state index < -0.39 is 0 Å². The van der Waals surface area contributed by atoms with Crippen LogP contribution in [0.4, 0.5) is 17.1 Å². The molecule has 0 atom stereocenters. The Bertz CT molecular complexity index is 2130. The minimum absolute atomic E-state index is 0.00317. The largest absolute Gasteiger partial charge is 0.458 e. The van der Waals surface area contributed by atoms with Crippen molar-refractivity contribution >= 4 is 62.1 Å². The predicted molar refractivity (Wildman–Crippen MR) is 171 cm³/mol. The van der Waals surface area contributed by atoms with E-state index in [0.717, 1.165) is 78.4 Å². The molecule has 0 radical (unpaired) electrons. The van der Waals surface area contributed by atoms with Gasteiger partial charge in [0.2, 0.25) is 0 Å². The van der Waals surface area contributed by atoms with Crippen LogP contribution in [0.1, 0.15) is 5.56 Å². The second kappa shape index (κ2) is 8.79. The minimum Gasteiger partial charge on any atom is -0.458 e. The highest BCUT2D eigenvalue weighted by Gasteiger charge is 2.41. The Morgan fingerprint density at radius 1 is 0.548 bits per heavy atom. The molecule has 5 heteroatoms. The minimum atomic E-state index is 0.00317. The van der Waals surface area contributed by atoms with Crippen LogP contribution in [0, 0.1) is 6.92 Å². The molecule has 0 spiro atoms. The van der Waals surface area contributed by atoms with Crippen molar-refractivity contribution in [3.8, 4) is 23.0 Å². The van der Waals surface area contributed by atoms with Gasteiger partial charge in [0.25, 0.3) is 6.71 Å². The quantitative estimate of drug-likeness (QED) is 0.212. The Balaban J connectivity index is 1.24. The molecule has 0 saturated carbocycles. The molecule has 0 bridgehead atoms. The molecule has 2 aliphatic rings. The molecule has 3 heterocycles. The van der Waals surface area contributed by atoms with E-state index in [0.29, 0.717) is 0 Å². The van der Waals surface area contributed by atoms with Crippen LogP contribution in [-0.4, -0.2) is 6.71 Å². The normalized spacial score (nSPS) is 12.7. The van der Waals surface area contributed by atoms with Gasteiger partial charge in [0.05, 0.1) is 0 Å². The highest BCUT2D eigenvalue weighted by Crippen LogP contribution is 2.42. The van der Waals surface area contributed by atoms with Gasteiger partial charge in [0, 0.05) is 39.4 Å². The monoisotopic (exact) mass is 541 g/mol. The average molecular weight is 541 g/mol. The van der Waals surface area contributed by atoms with E-state index in [1.807, 2.05) is 30.3 Å². The van der Waals surface area contributed by atoms with Crippen LogP contribution in [-0.2, 0) is 0 Å². The summed E-state index contributed by atoms with van der Waals surface area (Å²) in [5, 5.41) is 2.10. The number of para-hydroxylation sites is 2. The average Bonchev–Trinajstić information content (AvgIpc) is 3.41.